The molecule has 1 fully saturated rings. The minimum absolute atomic E-state index is 0.249. The molecular formula is C16H21N3O. The van der Waals surface area contributed by atoms with E-state index >= 15 is 0 Å². The SMILES string of the molecule is N#Cc1ccc(/C=C/CN2CCN(CCO)CC2)cc1. The Labute approximate surface area is 120 Å². The van der Waals surface area contributed by atoms with Crippen molar-refractivity contribution in [1.29, 1.82) is 5.26 Å². The lowest BCUT2D eigenvalue weighted by molar-refractivity contribution is 0.120. The van der Waals surface area contributed by atoms with Crippen molar-refractivity contribution in [3.05, 3.63) is 41.5 Å². The third-order valence-electron chi connectivity index (χ3n) is 3.59. The van der Waals surface area contributed by atoms with Crippen molar-refractivity contribution < 1.29 is 5.11 Å². The number of benzene rings is 1. The molecule has 1 heterocycles. The highest BCUT2D eigenvalue weighted by atomic mass is 16.3. The summed E-state index contributed by atoms with van der Waals surface area (Å²) >= 11 is 0. The fraction of sp³-hybridized carbons (Fsp3) is 0.438. The van der Waals surface area contributed by atoms with E-state index < -0.39 is 0 Å². The Morgan fingerprint density at radius 2 is 1.75 bits per heavy atom. The average molecular weight is 271 g/mol. The van der Waals surface area contributed by atoms with Gasteiger partial charge in [-0.05, 0) is 17.7 Å². The van der Waals surface area contributed by atoms with Crippen molar-refractivity contribution in [2.45, 2.75) is 0 Å². The van der Waals surface area contributed by atoms with Gasteiger partial charge in [0.1, 0.15) is 0 Å². The summed E-state index contributed by atoms with van der Waals surface area (Å²) in [5, 5.41) is 17.6. The van der Waals surface area contributed by atoms with E-state index in [1.54, 1.807) is 0 Å². The van der Waals surface area contributed by atoms with Crippen molar-refractivity contribution in [3.63, 3.8) is 0 Å². The Hall–Kier alpha value is -1.67. The van der Waals surface area contributed by atoms with Crippen LogP contribution in [0.5, 0.6) is 0 Å². The molecule has 1 aromatic carbocycles. The zero-order chi connectivity index (χ0) is 14.2. The lowest BCUT2D eigenvalue weighted by Gasteiger charge is -2.33. The molecule has 106 valence electrons. The third-order valence-corrected chi connectivity index (χ3v) is 3.59. The maximum absolute atomic E-state index is 8.90. The minimum Gasteiger partial charge on any atom is -0.395 e. The fourth-order valence-electron chi connectivity index (χ4n) is 2.34. The molecule has 2 rings (SSSR count). The number of piperazine rings is 1. The highest BCUT2D eigenvalue weighted by Crippen LogP contribution is 2.06. The Morgan fingerprint density at radius 3 is 2.35 bits per heavy atom. The molecule has 0 radical (unpaired) electrons. The van der Waals surface area contributed by atoms with Gasteiger partial charge in [-0.2, -0.15) is 5.26 Å². The molecule has 0 bridgehead atoms. The summed E-state index contributed by atoms with van der Waals surface area (Å²) in [6.45, 7) is 6.16. The van der Waals surface area contributed by atoms with E-state index in [-0.39, 0.29) is 6.61 Å². The molecule has 0 aromatic heterocycles. The molecule has 0 saturated carbocycles. The zero-order valence-electron chi connectivity index (χ0n) is 11.7. The van der Waals surface area contributed by atoms with Gasteiger partial charge in [-0.3, -0.25) is 9.80 Å². The van der Waals surface area contributed by atoms with Crippen LogP contribution in [0.3, 0.4) is 0 Å². The van der Waals surface area contributed by atoms with E-state index in [4.69, 9.17) is 10.4 Å². The van der Waals surface area contributed by atoms with Gasteiger partial charge in [-0.25, -0.2) is 0 Å². The van der Waals surface area contributed by atoms with Gasteiger partial charge < -0.3 is 5.11 Å². The van der Waals surface area contributed by atoms with E-state index in [1.165, 1.54) is 0 Å². The van der Waals surface area contributed by atoms with Gasteiger partial charge in [0.05, 0.1) is 18.2 Å². The van der Waals surface area contributed by atoms with Crippen molar-refractivity contribution in [2.24, 2.45) is 0 Å². The predicted octanol–water partition coefficient (Wildman–Crippen LogP) is 1.18. The van der Waals surface area contributed by atoms with Gasteiger partial charge in [0.25, 0.3) is 0 Å². The van der Waals surface area contributed by atoms with Crippen LogP contribution in [0.25, 0.3) is 6.08 Å². The lowest BCUT2D eigenvalue weighted by Crippen LogP contribution is -2.47. The van der Waals surface area contributed by atoms with Gasteiger partial charge in [0, 0.05) is 39.3 Å². The van der Waals surface area contributed by atoms with Crippen LogP contribution >= 0.6 is 0 Å². The van der Waals surface area contributed by atoms with Gasteiger partial charge in [0.15, 0.2) is 0 Å². The number of nitriles is 1. The first-order valence-electron chi connectivity index (χ1n) is 7.04. The highest BCUT2D eigenvalue weighted by molar-refractivity contribution is 5.51. The Kier molecular flexibility index (Phi) is 5.75. The van der Waals surface area contributed by atoms with Gasteiger partial charge >= 0.3 is 0 Å². The first-order chi connectivity index (χ1) is 9.81. The topological polar surface area (TPSA) is 50.5 Å². The first kappa shape index (κ1) is 14.7. The van der Waals surface area contributed by atoms with E-state index in [1.807, 2.05) is 24.3 Å². The number of nitrogens with zero attached hydrogens (tertiary/aromatic N) is 3. The molecule has 0 aliphatic carbocycles. The zero-order valence-corrected chi connectivity index (χ0v) is 11.7. The molecule has 0 unspecified atom stereocenters. The van der Waals surface area contributed by atoms with Crippen LogP contribution in [0.1, 0.15) is 11.1 Å². The average Bonchev–Trinajstić information content (AvgIpc) is 2.50. The van der Waals surface area contributed by atoms with Crippen LogP contribution < -0.4 is 0 Å². The standard InChI is InChI=1S/C16H21N3O/c17-14-16-5-3-15(4-6-16)2-1-7-18-8-10-19(11-9-18)12-13-20/h1-6,20H,7-13H2/b2-1+. The van der Waals surface area contributed by atoms with Crippen molar-refractivity contribution in [3.8, 4) is 6.07 Å². The monoisotopic (exact) mass is 271 g/mol. The summed E-state index contributed by atoms with van der Waals surface area (Å²) in [6, 6.07) is 9.74. The van der Waals surface area contributed by atoms with Crippen LogP contribution in [-0.2, 0) is 0 Å². The van der Waals surface area contributed by atoms with Crippen LogP contribution in [0.2, 0.25) is 0 Å². The fourth-order valence-corrected chi connectivity index (χ4v) is 2.34. The Balaban J connectivity index is 1.75. The number of hydrogen-bond acceptors (Lipinski definition) is 4. The molecular weight excluding hydrogens is 250 g/mol. The molecule has 1 saturated heterocycles. The Bertz CT molecular complexity index is 467. The number of aliphatic hydroxyl groups excluding tert-OH is 1. The maximum atomic E-state index is 8.90. The lowest BCUT2D eigenvalue weighted by atomic mass is 10.1. The van der Waals surface area contributed by atoms with E-state index in [9.17, 15) is 0 Å². The molecule has 4 nitrogen and oxygen atoms in total. The van der Waals surface area contributed by atoms with E-state index in [0.717, 1.165) is 44.8 Å². The first-order valence-corrected chi connectivity index (χ1v) is 7.04. The summed E-state index contributed by atoms with van der Waals surface area (Å²) < 4.78 is 0. The molecule has 1 aliphatic heterocycles. The molecule has 4 heteroatoms. The highest BCUT2D eigenvalue weighted by Gasteiger charge is 2.14. The van der Waals surface area contributed by atoms with Crippen LogP contribution in [0.4, 0.5) is 0 Å². The van der Waals surface area contributed by atoms with Crippen molar-refractivity contribution >= 4 is 6.08 Å². The second-order valence-electron chi connectivity index (χ2n) is 5.00. The quantitative estimate of drug-likeness (QED) is 0.874. The van der Waals surface area contributed by atoms with Crippen molar-refractivity contribution in [1.82, 2.24) is 9.80 Å². The molecule has 0 atom stereocenters. The molecule has 1 N–H and O–H groups in total. The molecule has 1 aromatic rings. The molecule has 0 spiro atoms. The predicted molar refractivity (Wildman–Crippen MR) is 80.2 cm³/mol. The minimum atomic E-state index is 0.249. The van der Waals surface area contributed by atoms with Gasteiger partial charge in [-0.1, -0.05) is 24.3 Å². The molecule has 0 amide bonds. The second kappa shape index (κ2) is 7.81. The normalized spacial score (nSPS) is 17.4. The maximum Gasteiger partial charge on any atom is 0.0991 e. The summed E-state index contributed by atoms with van der Waals surface area (Å²) in [5.41, 5.74) is 1.82. The smallest absolute Gasteiger partial charge is 0.0991 e. The third kappa shape index (κ3) is 4.46. The Morgan fingerprint density at radius 1 is 1.10 bits per heavy atom. The number of hydrogen-bond donors (Lipinski definition) is 1. The molecule has 1 aliphatic rings. The van der Waals surface area contributed by atoms with Crippen molar-refractivity contribution in [2.75, 3.05) is 45.9 Å². The summed E-state index contributed by atoms with van der Waals surface area (Å²) in [5.74, 6) is 0. The molecule has 20 heavy (non-hydrogen) atoms. The van der Waals surface area contributed by atoms with E-state index in [2.05, 4.69) is 28.0 Å². The van der Waals surface area contributed by atoms with E-state index in [0.29, 0.717) is 5.56 Å². The number of aliphatic hydroxyl groups is 1. The largest absolute Gasteiger partial charge is 0.395 e. The van der Waals surface area contributed by atoms with Crippen LogP contribution in [-0.4, -0.2) is 60.8 Å². The van der Waals surface area contributed by atoms with Crippen LogP contribution in [0, 0.1) is 11.3 Å². The van der Waals surface area contributed by atoms with Gasteiger partial charge in [-0.15, -0.1) is 0 Å². The number of β-amino-alcohol motifs (C(OH)–C–C–N with tert-alkyl or cyclic N) is 1. The van der Waals surface area contributed by atoms with Crippen LogP contribution in [0.15, 0.2) is 30.3 Å². The number of rotatable bonds is 5. The second-order valence-corrected chi connectivity index (χ2v) is 5.00. The summed E-state index contributed by atoms with van der Waals surface area (Å²) in [4.78, 5) is 4.70. The summed E-state index contributed by atoms with van der Waals surface area (Å²) in [7, 11) is 0. The summed E-state index contributed by atoms with van der Waals surface area (Å²) in [6.07, 6.45) is 4.27. The van der Waals surface area contributed by atoms with Gasteiger partial charge in [0.2, 0.25) is 0 Å².